The molecule has 0 amide bonds. The smallest absolute Gasteiger partial charge is 0.124 e. The number of methoxy groups -OCH3 is 1. The molecule has 33 heavy (non-hydrogen) atoms. The van der Waals surface area contributed by atoms with Crippen LogP contribution in [0.2, 0.25) is 0 Å². The van der Waals surface area contributed by atoms with Crippen LogP contribution < -0.4 is 25.9 Å². The van der Waals surface area contributed by atoms with Crippen molar-refractivity contribution in [2.24, 2.45) is 0 Å². The highest BCUT2D eigenvalue weighted by Gasteiger charge is 2.28. The summed E-state index contributed by atoms with van der Waals surface area (Å²) >= 11 is 1.75. The second-order valence-electron chi connectivity index (χ2n) is 8.95. The summed E-state index contributed by atoms with van der Waals surface area (Å²) in [4.78, 5) is 12.4. The van der Waals surface area contributed by atoms with Crippen LogP contribution in [0.5, 0.6) is 5.75 Å². The molecule has 2 aliphatic rings. The molecule has 3 aromatic rings. The standard InChI is InChI=1S/C26H31N5OS/c1-17(2)25-30-23-24(22-19(5-4-12-28-22)15-29-26(23)33-25)31-14-13-27-20(16-31)9-6-18-7-10-21(32-3)11-8-18/h4-5,7-8,10-12,15,17,20,27,29H,6,9,13-14,16H2,1-3H3. The minimum Gasteiger partial charge on any atom is -0.497 e. The SMILES string of the molecule is COc1ccc(CCC2CN(C3=c4ncccc4=CNc4sc(C(C)C)nc43)CCN2)cc1. The molecule has 2 aromatic heterocycles. The van der Waals surface area contributed by atoms with E-state index in [1.807, 2.05) is 24.4 Å². The molecule has 4 heterocycles. The van der Waals surface area contributed by atoms with Gasteiger partial charge in [-0.05, 0) is 42.7 Å². The number of nitrogens with one attached hydrogen (secondary N) is 2. The van der Waals surface area contributed by atoms with Gasteiger partial charge in [-0.15, -0.1) is 11.3 Å². The third-order valence-electron chi connectivity index (χ3n) is 6.30. The van der Waals surface area contributed by atoms with Gasteiger partial charge in [-0.3, -0.25) is 4.98 Å². The molecule has 0 aliphatic carbocycles. The molecule has 1 fully saturated rings. The zero-order valence-corrected chi connectivity index (χ0v) is 20.3. The molecular formula is C26H31N5OS. The van der Waals surface area contributed by atoms with Crippen LogP contribution in [0.4, 0.5) is 5.00 Å². The van der Waals surface area contributed by atoms with E-state index in [1.54, 1.807) is 18.4 Å². The van der Waals surface area contributed by atoms with Gasteiger partial charge in [0.2, 0.25) is 0 Å². The van der Waals surface area contributed by atoms with Crippen LogP contribution >= 0.6 is 11.3 Å². The molecule has 7 heteroatoms. The lowest BCUT2D eigenvalue weighted by Crippen LogP contribution is -2.52. The number of piperazine rings is 1. The van der Waals surface area contributed by atoms with Crippen LogP contribution in [0, 0.1) is 0 Å². The fourth-order valence-corrected chi connectivity index (χ4v) is 5.42. The topological polar surface area (TPSA) is 62.3 Å². The Hall–Kier alpha value is -2.90. The predicted octanol–water partition coefficient (Wildman–Crippen LogP) is 2.90. The quantitative estimate of drug-likeness (QED) is 0.589. The molecule has 1 aromatic carbocycles. The third-order valence-corrected chi connectivity index (χ3v) is 7.58. The Balaban J connectivity index is 1.43. The molecule has 1 atom stereocenters. The van der Waals surface area contributed by atoms with Gasteiger partial charge in [0.05, 0.1) is 23.2 Å². The summed E-state index contributed by atoms with van der Waals surface area (Å²) in [6.07, 6.45) is 6.07. The first kappa shape index (κ1) is 21.9. The Kier molecular flexibility index (Phi) is 6.33. The second-order valence-corrected chi connectivity index (χ2v) is 9.98. The van der Waals surface area contributed by atoms with Crippen LogP contribution in [0.3, 0.4) is 0 Å². The van der Waals surface area contributed by atoms with Crippen LogP contribution in [-0.4, -0.2) is 47.7 Å². The summed E-state index contributed by atoms with van der Waals surface area (Å²) in [5.74, 6) is 1.30. The molecule has 6 nitrogen and oxygen atoms in total. The first-order valence-electron chi connectivity index (χ1n) is 11.7. The number of anilines is 1. The molecule has 1 unspecified atom stereocenters. The molecule has 0 spiro atoms. The van der Waals surface area contributed by atoms with Crippen molar-refractivity contribution in [1.29, 1.82) is 0 Å². The fraction of sp³-hybridized carbons (Fsp3) is 0.385. The van der Waals surface area contributed by atoms with Crippen molar-refractivity contribution in [3.63, 3.8) is 0 Å². The van der Waals surface area contributed by atoms with Gasteiger partial charge in [0.25, 0.3) is 0 Å². The molecule has 1 saturated heterocycles. The van der Waals surface area contributed by atoms with E-state index in [2.05, 4.69) is 53.8 Å². The zero-order valence-electron chi connectivity index (χ0n) is 19.5. The van der Waals surface area contributed by atoms with Gasteiger partial charge in [0.1, 0.15) is 16.4 Å². The Morgan fingerprint density at radius 1 is 1.21 bits per heavy atom. The van der Waals surface area contributed by atoms with Gasteiger partial charge in [-0.2, -0.15) is 0 Å². The number of benzene rings is 1. The third kappa shape index (κ3) is 4.61. The van der Waals surface area contributed by atoms with E-state index in [4.69, 9.17) is 14.7 Å². The van der Waals surface area contributed by atoms with Gasteiger partial charge < -0.3 is 20.3 Å². The van der Waals surface area contributed by atoms with Crippen molar-refractivity contribution in [2.45, 2.75) is 38.6 Å². The van der Waals surface area contributed by atoms with Crippen molar-refractivity contribution < 1.29 is 4.74 Å². The Morgan fingerprint density at radius 2 is 2.06 bits per heavy atom. The molecular weight excluding hydrogens is 430 g/mol. The Morgan fingerprint density at radius 3 is 2.85 bits per heavy atom. The number of rotatable bonds is 6. The average molecular weight is 462 g/mol. The summed E-state index contributed by atoms with van der Waals surface area (Å²) in [5.41, 5.74) is 3.53. The lowest BCUT2D eigenvalue weighted by atomic mass is 10.0. The van der Waals surface area contributed by atoms with Crippen molar-refractivity contribution in [1.82, 2.24) is 20.2 Å². The number of thiazole rings is 1. The highest BCUT2D eigenvalue weighted by Crippen LogP contribution is 2.35. The minimum atomic E-state index is 0.397. The van der Waals surface area contributed by atoms with Gasteiger partial charge >= 0.3 is 0 Å². The number of fused-ring (bicyclic) bond motifs is 2. The molecule has 172 valence electrons. The number of aromatic nitrogens is 2. The molecule has 2 aliphatic heterocycles. The predicted molar refractivity (Wildman–Crippen MR) is 135 cm³/mol. The lowest BCUT2D eigenvalue weighted by Gasteiger charge is -2.36. The van der Waals surface area contributed by atoms with Gasteiger partial charge in [0, 0.05) is 49.2 Å². The molecule has 5 rings (SSSR count). The maximum atomic E-state index is 5.29. The van der Waals surface area contributed by atoms with E-state index in [0.29, 0.717) is 12.0 Å². The summed E-state index contributed by atoms with van der Waals surface area (Å²) in [7, 11) is 1.71. The first-order chi connectivity index (χ1) is 16.1. The number of ether oxygens (including phenoxy) is 1. The minimum absolute atomic E-state index is 0.397. The van der Waals surface area contributed by atoms with Crippen LogP contribution in [0.25, 0.3) is 11.9 Å². The Bertz CT molecular complexity index is 1230. The molecule has 0 bridgehead atoms. The zero-order chi connectivity index (χ0) is 22.8. The monoisotopic (exact) mass is 461 g/mol. The van der Waals surface area contributed by atoms with E-state index in [-0.39, 0.29) is 0 Å². The summed E-state index contributed by atoms with van der Waals surface area (Å²) in [6, 6.07) is 12.9. The van der Waals surface area contributed by atoms with Crippen LogP contribution in [0.15, 0.2) is 42.6 Å². The first-order valence-corrected chi connectivity index (χ1v) is 12.5. The maximum Gasteiger partial charge on any atom is 0.124 e. The largest absolute Gasteiger partial charge is 0.497 e. The van der Waals surface area contributed by atoms with Crippen LogP contribution in [-0.2, 0) is 6.42 Å². The molecule has 2 N–H and O–H groups in total. The number of hydrogen-bond acceptors (Lipinski definition) is 7. The summed E-state index contributed by atoms with van der Waals surface area (Å²) in [6.45, 7) is 7.24. The van der Waals surface area contributed by atoms with Crippen molar-refractivity contribution >= 4 is 28.2 Å². The van der Waals surface area contributed by atoms with E-state index < -0.39 is 0 Å². The molecule has 0 saturated carbocycles. The number of aryl methyl sites for hydroxylation is 1. The maximum absolute atomic E-state index is 5.29. The van der Waals surface area contributed by atoms with Crippen LogP contribution in [0.1, 0.15) is 42.5 Å². The number of pyridine rings is 1. The van der Waals surface area contributed by atoms with Crippen molar-refractivity contribution in [2.75, 3.05) is 32.1 Å². The average Bonchev–Trinajstić information content (AvgIpc) is 3.20. The normalized spacial score (nSPS) is 17.6. The number of hydrogen-bond donors (Lipinski definition) is 2. The summed E-state index contributed by atoms with van der Waals surface area (Å²) < 4.78 is 5.29. The van der Waals surface area contributed by atoms with Gasteiger partial charge in [0.15, 0.2) is 0 Å². The van der Waals surface area contributed by atoms with E-state index in [0.717, 1.165) is 70.2 Å². The van der Waals surface area contributed by atoms with Crippen molar-refractivity contribution in [3.05, 3.63) is 69.4 Å². The van der Waals surface area contributed by atoms with Crippen molar-refractivity contribution in [3.8, 4) is 5.75 Å². The Labute approximate surface area is 199 Å². The number of nitrogens with zero attached hydrogens (tertiary/aromatic N) is 3. The summed E-state index contributed by atoms with van der Waals surface area (Å²) in [5, 5.41) is 11.6. The lowest BCUT2D eigenvalue weighted by molar-refractivity contribution is 0.268. The van der Waals surface area contributed by atoms with E-state index in [1.165, 1.54) is 5.56 Å². The molecule has 0 radical (unpaired) electrons. The highest BCUT2D eigenvalue weighted by atomic mass is 32.1. The van der Waals surface area contributed by atoms with Gasteiger partial charge in [-0.25, -0.2) is 4.98 Å². The second kappa shape index (κ2) is 9.53. The van der Waals surface area contributed by atoms with Gasteiger partial charge in [-0.1, -0.05) is 26.0 Å². The highest BCUT2D eigenvalue weighted by molar-refractivity contribution is 7.16. The van der Waals surface area contributed by atoms with E-state index in [9.17, 15) is 0 Å². The van der Waals surface area contributed by atoms with E-state index >= 15 is 0 Å². The fourth-order valence-electron chi connectivity index (χ4n) is 4.48.